The Hall–Kier alpha value is -1.67. The highest BCUT2D eigenvalue weighted by molar-refractivity contribution is 5.35. The number of nitrogens with zero attached hydrogens (tertiary/aromatic N) is 3. The van der Waals surface area contributed by atoms with E-state index in [0.29, 0.717) is 5.95 Å². The Morgan fingerprint density at radius 2 is 1.89 bits per heavy atom. The normalized spacial score (nSPS) is 12.0. The summed E-state index contributed by atoms with van der Waals surface area (Å²) in [7, 11) is 1.46. The van der Waals surface area contributed by atoms with Crippen molar-refractivity contribution >= 4 is 11.9 Å². The Balaban J connectivity index is 2.70. The zero-order chi connectivity index (χ0) is 13.4. The molecule has 0 aliphatic carbocycles. The molecule has 0 amide bonds. The number of aromatic nitrogens is 3. The summed E-state index contributed by atoms with van der Waals surface area (Å²) in [5.74, 6) is 0.692. The van der Waals surface area contributed by atoms with Gasteiger partial charge in [-0.3, -0.25) is 0 Å². The minimum absolute atomic E-state index is 0.150. The molecule has 0 aliphatic rings. The summed E-state index contributed by atoms with van der Waals surface area (Å²) in [6.07, 6.45) is 0.0831. The number of hydrogen-bond donors (Lipinski definition) is 4. The van der Waals surface area contributed by atoms with Crippen LogP contribution >= 0.6 is 0 Å². The van der Waals surface area contributed by atoms with E-state index in [9.17, 15) is 5.11 Å². The lowest BCUT2D eigenvalue weighted by Crippen LogP contribution is -2.24. The Kier molecular flexibility index (Phi) is 6.09. The fourth-order valence-corrected chi connectivity index (χ4v) is 1.12. The number of ether oxygens (including phenoxy) is 1. The van der Waals surface area contributed by atoms with Gasteiger partial charge in [0.05, 0.1) is 19.8 Å². The number of hydrogen-bond acceptors (Lipinski definition) is 8. The zero-order valence-electron chi connectivity index (χ0n) is 10.6. The summed E-state index contributed by atoms with van der Waals surface area (Å²) in [6.45, 7) is 2.60. The highest BCUT2D eigenvalue weighted by Gasteiger charge is 2.08. The third-order valence-corrected chi connectivity index (χ3v) is 2.04. The van der Waals surface area contributed by atoms with E-state index in [2.05, 4.69) is 25.6 Å². The maximum Gasteiger partial charge on any atom is 0.322 e. The van der Waals surface area contributed by atoms with Crippen molar-refractivity contribution in [3.63, 3.8) is 0 Å². The van der Waals surface area contributed by atoms with E-state index in [1.807, 2.05) is 6.92 Å². The van der Waals surface area contributed by atoms with Gasteiger partial charge in [-0.05, 0) is 6.42 Å². The third-order valence-electron chi connectivity index (χ3n) is 2.04. The summed E-state index contributed by atoms with van der Waals surface area (Å²) in [5.41, 5.74) is 0. The second-order valence-electron chi connectivity index (χ2n) is 3.61. The van der Waals surface area contributed by atoms with Crippen molar-refractivity contribution < 1.29 is 14.9 Å². The van der Waals surface area contributed by atoms with Gasteiger partial charge in [0.25, 0.3) is 0 Å². The molecule has 1 aromatic rings. The molecule has 0 aliphatic heterocycles. The second-order valence-corrected chi connectivity index (χ2v) is 3.61. The smallest absolute Gasteiger partial charge is 0.322 e. The summed E-state index contributed by atoms with van der Waals surface area (Å²) in [6, 6.07) is 0.185. The molecular formula is C10H19N5O3. The molecule has 0 spiro atoms. The van der Waals surface area contributed by atoms with Crippen molar-refractivity contribution in [2.45, 2.75) is 19.4 Å². The molecule has 1 aromatic heterocycles. The van der Waals surface area contributed by atoms with Gasteiger partial charge in [0.1, 0.15) is 0 Å². The lowest BCUT2D eigenvalue weighted by atomic mass is 10.4. The van der Waals surface area contributed by atoms with Gasteiger partial charge in [-0.25, -0.2) is 0 Å². The van der Waals surface area contributed by atoms with Crippen molar-refractivity contribution in [3.05, 3.63) is 0 Å². The maximum atomic E-state index is 9.23. The van der Waals surface area contributed by atoms with Crippen LogP contribution in [0.3, 0.4) is 0 Å². The first-order chi connectivity index (χ1) is 8.69. The number of aliphatic hydroxyl groups excluding tert-OH is 2. The van der Waals surface area contributed by atoms with Crippen LogP contribution in [0.5, 0.6) is 6.01 Å². The average molecular weight is 257 g/mol. The zero-order valence-corrected chi connectivity index (χ0v) is 10.6. The molecule has 1 atom stereocenters. The van der Waals surface area contributed by atoms with Gasteiger partial charge in [-0.2, -0.15) is 15.0 Å². The van der Waals surface area contributed by atoms with Gasteiger partial charge in [-0.1, -0.05) is 6.92 Å². The van der Waals surface area contributed by atoms with Crippen LogP contribution in [0.2, 0.25) is 0 Å². The van der Waals surface area contributed by atoms with Crippen molar-refractivity contribution in [1.29, 1.82) is 0 Å². The third kappa shape index (κ3) is 4.68. The Labute approximate surface area is 105 Å². The first-order valence-electron chi connectivity index (χ1n) is 5.76. The Morgan fingerprint density at radius 3 is 2.44 bits per heavy atom. The van der Waals surface area contributed by atoms with E-state index in [-0.39, 0.29) is 25.1 Å². The molecule has 1 unspecified atom stereocenters. The molecule has 4 N–H and O–H groups in total. The lowest BCUT2D eigenvalue weighted by Gasteiger charge is -2.11. The number of aliphatic hydroxyl groups is 2. The van der Waals surface area contributed by atoms with Gasteiger partial charge in [0, 0.05) is 13.1 Å². The summed E-state index contributed by atoms with van der Waals surface area (Å²) in [4.78, 5) is 12.1. The molecule has 0 radical (unpaired) electrons. The summed E-state index contributed by atoms with van der Waals surface area (Å²) >= 11 is 0. The van der Waals surface area contributed by atoms with Crippen molar-refractivity contribution in [1.82, 2.24) is 15.0 Å². The van der Waals surface area contributed by atoms with Crippen LogP contribution in [0, 0.1) is 0 Å². The van der Waals surface area contributed by atoms with E-state index in [0.717, 1.165) is 13.0 Å². The Bertz CT molecular complexity index is 363. The van der Waals surface area contributed by atoms with Crippen molar-refractivity contribution in [2.75, 3.05) is 37.4 Å². The molecule has 0 bridgehead atoms. The minimum Gasteiger partial charge on any atom is -0.467 e. The van der Waals surface area contributed by atoms with Crippen LogP contribution in [-0.2, 0) is 0 Å². The number of rotatable bonds is 8. The monoisotopic (exact) mass is 257 g/mol. The van der Waals surface area contributed by atoms with E-state index in [1.54, 1.807) is 0 Å². The van der Waals surface area contributed by atoms with E-state index >= 15 is 0 Å². The van der Waals surface area contributed by atoms with Crippen LogP contribution in [0.25, 0.3) is 0 Å². The van der Waals surface area contributed by atoms with Gasteiger partial charge >= 0.3 is 6.01 Å². The summed E-state index contributed by atoms with van der Waals surface area (Å²) in [5, 5.41) is 23.7. The SMILES string of the molecule is CCCNc1nc(NCC(O)CO)nc(OC)n1. The first-order valence-corrected chi connectivity index (χ1v) is 5.76. The number of anilines is 2. The fraction of sp³-hybridized carbons (Fsp3) is 0.700. The molecule has 8 heteroatoms. The van der Waals surface area contributed by atoms with Crippen LogP contribution in [0.4, 0.5) is 11.9 Å². The van der Waals surface area contributed by atoms with E-state index < -0.39 is 6.10 Å². The molecule has 1 rings (SSSR count). The predicted octanol–water partition coefficient (Wildman–Crippen LogP) is -0.533. The molecular weight excluding hydrogens is 238 g/mol. The van der Waals surface area contributed by atoms with Gasteiger partial charge in [-0.15, -0.1) is 0 Å². The van der Waals surface area contributed by atoms with E-state index in [1.165, 1.54) is 7.11 Å². The maximum absolute atomic E-state index is 9.23. The molecule has 18 heavy (non-hydrogen) atoms. The largest absolute Gasteiger partial charge is 0.467 e. The van der Waals surface area contributed by atoms with Crippen LogP contribution < -0.4 is 15.4 Å². The number of nitrogens with one attached hydrogen (secondary N) is 2. The molecule has 102 valence electrons. The standard InChI is InChI=1S/C10H19N5O3/c1-3-4-11-8-13-9(12-5-7(17)6-16)15-10(14-8)18-2/h7,16-17H,3-6H2,1-2H3,(H2,11,12,13,14,15). The van der Waals surface area contributed by atoms with Crippen molar-refractivity contribution in [3.8, 4) is 6.01 Å². The average Bonchev–Trinajstić information content (AvgIpc) is 2.42. The first kappa shape index (κ1) is 14.4. The molecule has 1 heterocycles. The van der Waals surface area contributed by atoms with Crippen LogP contribution in [0.15, 0.2) is 0 Å². The fourth-order valence-electron chi connectivity index (χ4n) is 1.12. The lowest BCUT2D eigenvalue weighted by molar-refractivity contribution is 0.105. The predicted molar refractivity (Wildman–Crippen MR) is 66.7 cm³/mol. The van der Waals surface area contributed by atoms with Crippen LogP contribution in [0.1, 0.15) is 13.3 Å². The quantitative estimate of drug-likeness (QED) is 0.491. The minimum atomic E-state index is -0.861. The molecule has 8 nitrogen and oxygen atoms in total. The molecule has 0 saturated carbocycles. The van der Waals surface area contributed by atoms with E-state index in [4.69, 9.17) is 9.84 Å². The highest BCUT2D eigenvalue weighted by Crippen LogP contribution is 2.10. The second kappa shape index (κ2) is 7.62. The number of methoxy groups -OCH3 is 1. The van der Waals surface area contributed by atoms with Gasteiger partial charge in [0.15, 0.2) is 0 Å². The van der Waals surface area contributed by atoms with Crippen molar-refractivity contribution in [2.24, 2.45) is 0 Å². The summed E-state index contributed by atoms with van der Waals surface area (Å²) < 4.78 is 4.95. The van der Waals surface area contributed by atoms with Crippen LogP contribution in [-0.4, -0.2) is 58.1 Å². The van der Waals surface area contributed by atoms with Gasteiger partial charge < -0.3 is 25.6 Å². The Morgan fingerprint density at radius 1 is 1.22 bits per heavy atom. The molecule has 0 fully saturated rings. The topological polar surface area (TPSA) is 112 Å². The molecule has 0 saturated heterocycles. The van der Waals surface area contributed by atoms with Gasteiger partial charge in [0.2, 0.25) is 11.9 Å². The molecule has 0 aromatic carbocycles. The highest BCUT2D eigenvalue weighted by atomic mass is 16.5.